The van der Waals surface area contributed by atoms with Gasteiger partial charge in [0.15, 0.2) is 0 Å². The van der Waals surface area contributed by atoms with Gasteiger partial charge < -0.3 is 19.9 Å². The highest BCUT2D eigenvalue weighted by Gasteiger charge is 2.34. The molecule has 7 nitrogen and oxygen atoms in total. The van der Waals surface area contributed by atoms with Crippen LogP contribution in [0.3, 0.4) is 0 Å². The minimum absolute atomic E-state index is 0.00704. The predicted molar refractivity (Wildman–Crippen MR) is 131 cm³/mol. The van der Waals surface area contributed by atoms with Gasteiger partial charge in [-0.25, -0.2) is 4.79 Å². The van der Waals surface area contributed by atoms with E-state index in [-0.39, 0.29) is 24.0 Å². The Hall–Kier alpha value is -2.28. The largest absolute Gasteiger partial charge is 0.486 e. The maximum atomic E-state index is 13.3. The number of hydrogen-bond donors (Lipinski definition) is 1. The molecule has 1 atom stereocenters. The lowest BCUT2D eigenvalue weighted by atomic mass is 9.96. The van der Waals surface area contributed by atoms with Gasteiger partial charge in [-0.2, -0.15) is 0 Å². The van der Waals surface area contributed by atoms with Crippen LogP contribution in [0.5, 0.6) is 5.75 Å². The highest BCUT2D eigenvalue weighted by molar-refractivity contribution is 5.94. The second-order valence-electron chi connectivity index (χ2n) is 9.67. The molecule has 3 heterocycles. The van der Waals surface area contributed by atoms with Gasteiger partial charge in [0.25, 0.3) is 0 Å². The Morgan fingerprint density at radius 2 is 1.76 bits per heavy atom. The van der Waals surface area contributed by atoms with Gasteiger partial charge in [0.05, 0.1) is 12.2 Å². The summed E-state index contributed by atoms with van der Waals surface area (Å²) in [6, 6.07) is 7.79. The summed E-state index contributed by atoms with van der Waals surface area (Å²) in [5, 5.41) is 3.15. The van der Waals surface area contributed by atoms with Gasteiger partial charge in [0.2, 0.25) is 5.91 Å². The summed E-state index contributed by atoms with van der Waals surface area (Å²) in [6.07, 6.45) is 8.66. The van der Waals surface area contributed by atoms with E-state index in [0.717, 1.165) is 50.2 Å². The van der Waals surface area contributed by atoms with E-state index in [0.29, 0.717) is 19.6 Å². The number of rotatable bonds is 6. The van der Waals surface area contributed by atoms with Crippen LogP contribution >= 0.6 is 0 Å². The summed E-state index contributed by atoms with van der Waals surface area (Å²) < 4.78 is 6.02. The summed E-state index contributed by atoms with van der Waals surface area (Å²) in [6.45, 7) is 8.13. The topological polar surface area (TPSA) is 65.1 Å². The first-order valence-corrected chi connectivity index (χ1v) is 13.0. The molecule has 4 rings (SSSR count). The van der Waals surface area contributed by atoms with Gasteiger partial charge >= 0.3 is 6.03 Å². The lowest BCUT2D eigenvalue weighted by Crippen LogP contribution is -2.52. The number of nitrogens with zero attached hydrogens (tertiary/aromatic N) is 3. The quantitative estimate of drug-likeness (QED) is 0.660. The summed E-state index contributed by atoms with van der Waals surface area (Å²) in [5.74, 6) is 0.937. The Morgan fingerprint density at radius 3 is 2.48 bits per heavy atom. The van der Waals surface area contributed by atoms with Gasteiger partial charge in [-0.05, 0) is 70.3 Å². The number of amides is 3. The third kappa shape index (κ3) is 6.19. The number of carbonyl (C=O) groups excluding carboxylic acids is 2. The van der Waals surface area contributed by atoms with Crippen LogP contribution in [0.25, 0.3) is 0 Å². The van der Waals surface area contributed by atoms with Gasteiger partial charge in [0.1, 0.15) is 11.9 Å². The first-order chi connectivity index (χ1) is 16.2. The van der Waals surface area contributed by atoms with E-state index in [9.17, 15) is 9.59 Å². The van der Waals surface area contributed by atoms with Crippen LogP contribution in [-0.2, 0) is 4.79 Å². The minimum Gasteiger partial charge on any atom is -0.486 e. The van der Waals surface area contributed by atoms with Crippen LogP contribution in [0.1, 0.15) is 58.3 Å². The van der Waals surface area contributed by atoms with Crippen LogP contribution < -0.4 is 15.0 Å². The molecule has 2 fully saturated rings. The van der Waals surface area contributed by atoms with E-state index < -0.39 is 0 Å². The second-order valence-corrected chi connectivity index (χ2v) is 9.67. The molecule has 0 bridgehead atoms. The molecule has 0 radical (unpaired) electrons. The molecule has 182 valence electrons. The van der Waals surface area contributed by atoms with Crippen LogP contribution in [0.2, 0.25) is 0 Å². The zero-order valence-corrected chi connectivity index (χ0v) is 20.1. The zero-order chi connectivity index (χ0) is 23.0. The molecule has 1 N–H and O–H groups in total. The van der Waals surface area contributed by atoms with Crippen molar-refractivity contribution in [2.24, 2.45) is 5.92 Å². The lowest BCUT2D eigenvalue weighted by Gasteiger charge is -2.39. The summed E-state index contributed by atoms with van der Waals surface area (Å²) in [7, 11) is 0. The predicted octanol–water partition coefficient (Wildman–Crippen LogP) is 3.88. The van der Waals surface area contributed by atoms with E-state index in [4.69, 9.17) is 4.74 Å². The van der Waals surface area contributed by atoms with E-state index in [2.05, 4.69) is 17.1 Å². The first-order valence-electron chi connectivity index (χ1n) is 13.0. The normalized spacial score (nSPS) is 22.3. The fraction of sp³-hybridized carbons (Fsp3) is 0.692. The Morgan fingerprint density at radius 1 is 1.03 bits per heavy atom. The maximum Gasteiger partial charge on any atom is 0.324 e. The average molecular weight is 457 g/mol. The maximum absolute atomic E-state index is 13.3. The van der Waals surface area contributed by atoms with Crippen molar-refractivity contribution in [1.29, 1.82) is 0 Å². The number of carbonyl (C=O) groups is 2. The average Bonchev–Trinajstić information content (AvgIpc) is 3.14. The third-order valence-corrected chi connectivity index (χ3v) is 7.31. The fourth-order valence-corrected chi connectivity index (χ4v) is 5.21. The van der Waals surface area contributed by atoms with Gasteiger partial charge in [-0.1, -0.05) is 31.9 Å². The minimum atomic E-state index is 0.00704. The molecule has 0 aromatic heterocycles. The van der Waals surface area contributed by atoms with Gasteiger partial charge in [-0.15, -0.1) is 0 Å². The number of anilines is 1. The summed E-state index contributed by atoms with van der Waals surface area (Å²) in [5.41, 5.74) is 0.844. The van der Waals surface area contributed by atoms with Crippen molar-refractivity contribution in [2.75, 3.05) is 50.7 Å². The Kier molecular flexibility index (Phi) is 8.48. The number of piperidine rings is 1. The number of likely N-dealkylation sites (tertiary alicyclic amines) is 2. The molecule has 7 heteroatoms. The van der Waals surface area contributed by atoms with Crippen molar-refractivity contribution in [3.63, 3.8) is 0 Å². The molecule has 1 aromatic carbocycles. The van der Waals surface area contributed by atoms with E-state index in [1.165, 1.54) is 38.8 Å². The standard InChI is InChI=1S/C26H40N4O3/c1-2-22-20-30(23-10-5-6-11-24(23)33-22)26(32)29-18-12-21(13-19-29)25(31)27-14-9-17-28-15-7-3-4-8-16-28/h5-6,10-11,21-22H,2-4,7-9,12-20H2,1H3,(H,27,31)/t22-/m1/s1. The van der Waals surface area contributed by atoms with Crippen LogP contribution in [0.15, 0.2) is 24.3 Å². The monoisotopic (exact) mass is 456 g/mol. The Labute approximate surface area is 198 Å². The number of para-hydroxylation sites is 2. The van der Waals surface area contributed by atoms with Crippen molar-refractivity contribution in [1.82, 2.24) is 15.1 Å². The molecule has 0 spiro atoms. The third-order valence-electron chi connectivity index (χ3n) is 7.31. The molecule has 2 saturated heterocycles. The molecule has 3 amide bonds. The van der Waals surface area contributed by atoms with Crippen LogP contribution in [-0.4, -0.2) is 73.7 Å². The molecule has 0 aliphatic carbocycles. The van der Waals surface area contributed by atoms with E-state index in [1.807, 2.05) is 34.1 Å². The molecule has 0 unspecified atom stereocenters. The molecular formula is C26H40N4O3. The number of hydrogen-bond acceptors (Lipinski definition) is 4. The van der Waals surface area contributed by atoms with Crippen molar-refractivity contribution < 1.29 is 14.3 Å². The van der Waals surface area contributed by atoms with E-state index in [1.54, 1.807) is 0 Å². The van der Waals surface area contributed by atoms with Gasteiger partial charge in [0, 0.05) is 25.6 Å². The Balaban J connectivity index is 1.21. The highest BCUT2D eigenvalue weighted by atomic mass is 16.5. The van der Waals surface area contributed by atoms with Crippen molar-refractivity contribution in [2.45, 2.75) is 64.4 Å². The zero-order valence-electron chi connectivity index (χ0n) is 20.1. The molecule has 3 aliphatic heterocycles. The van der Waals surface area contributed by atoms with Crippen LogP contribution in [0.4, 0.5) is 10.5 Å². The fourth-order valence-electron chi connectivity index (χ4n) is 5.21. The van der Waals surface area contributed by atoms with E-state index >= 15 is 0 Å². The number of ether oxygens (including phenoxy) is 1. The lowest BCUT2D eigenvalue weighted by molar-refractivity contribution is -0.126. The van der Waals surface area contributed by atoms with Crippen molar-refractivity contribution in [3.8, 4) is 5.75 Å². The summed E-state index contributed by atoms with van der Waals surface area (Å²) >= 11 is 0. The van der Waals surface area contributed by atoms with Crippen molar-refractivity contribution in [3.05, 3.63) is 24.3 Å². The van der Waals surface area contributed by atoms with Gasteiger partial charge in [-0.3, -0.25) is 9.69 Å². The van der Waals surface area contributed by atoms with Crippen LogP contribution in [0, 0.1) is 5.92 Å². The number of urea groups is 1. The first kappa shape index (κ1) is 23.9. The molecule has 3 aliphatic rings. The molecule has 33 heavy (non-hydrogen) atoms. The Bertz CT molecular complexity index is 785. The smallest absolute Gasteiger partial charge is 0.324 e. The number of fused-ring (bicyclic) bond motifs is 1. The second kappa shape index (κ2) is 11.7. The summed E-state index contributed by atoms with van der Waals surface area (Å²) in [4.78, 5) is 32.3. The molecule has 0 saturated carbocycles. The SMILES string of the molecule is CC[C@@H]1CN(C(=O)N2CCC(C(=O)NCCCN3CCCCCC3)CC2)c2ccccc2O1. The highest BCUT2D eigenvalue weighted by Crippen LogP contribution is 2.35. The molecule has 1 aromatic rings. The number of benzene rings is 1. The number of nitrogens with one attached hydrogen (secondary N) is 1. The molecular weight excluding hydrogens is 416 g/mol. The van der Waals surface area contributed by atoms with Crippen molar-refractivity contribution >= 4 is 17.6 Å².